The van der Waals surface area contributed by atoms with Gasteiger partial charge in [-0.15, -0.1) is 0 Å². The van der Waals surface area contributed by atoms with E-state index >= 15 is 0 Å². The number of ketones is 1. The SMILES string of the molecule is C=C1C(=O)[C@@]23CC[C@@H]4[C@](C)(CO)CCC[C@@]4(C)[C@@H]2[C@H](OC(C)=O)C[C@]1(O)C3. The molecule has 4 aliphatic rings. The molecule has 4 aliphatic carbocycles. The second kappa shape index (κ2) is 5.66. The average molecular weight is 376 g/mol. The fourth-order valence-corrected chi connectivity index (χ4v) is 7.87. The molecule has 0 heterocycles. The summed E-state index contributed by atoms with van der Waals surface area (Å²) < 4.78 is 5.76. The molecule has 27 heavy (non-hydrogen) atoms. The molecular formula is C22H32O5. The van der Waals surface area contributed by atoms with E-state index < -0.39 is 17.1 Å². The van der Waals surface area contributed by atoms with Crippen LogP contribution in [0.3, 0.4) is 0 Å². The maximum Gasteiger partial charge on any atom is 0.302 e. The van der Waals surface area contributed by atoms with Crippen molar-refractivity contribution in [3.8, 4) is 0 Å². The fourth-order valence-electron chi connectivity index (χ4n) is 7.87. The number of esters is 1. The summed E-state index contributed by atoms with van der Waals surface area (Å²) in [5.74, 6) is -0.263. The molecule has 1 spiro atoms. The predicted octanol–water partition coefficient (Wildman–Crippen LogP) is 2.78. The van der Waals surface area contributed by atoms with Gasteiger partial charge in [0.15, 0.2) is 5.78 Å². The van der Waals surface area contributed by atoms with Gasteiger partial charge >= 0.3 is 5.97 Å². The van der Waals surface area contributed by atoms with Gasteiger partial charge in [0.25, 0.3) is 0 Å². The summed E-state index contributed by atoms with van der Waals surface area (Å²) in [4.78, 5) is 25.3. The summed E-state index contributed by atoms with van der Waals surface area (Å²) in [6, 6.07) is 0. The number of carbonyl (C=O) groups excluding carboxylic acids is 2. The van der Waals surface area contributed by atoms with Gasteiger partial charge in [-0.1, -0.05) is 26.8 Å². The molecule has 5 nitrogen and oxygen atoms in total. The van der Waals surface area contributed by atoms with Crippen LogP contribution in [-0.4, -0.2) is 40.3 Å². The number of ether oxygens (including phenoxy) is 1. The van der Waals surface area contributed by atoms with E-state index in [0.717, 1.165) is 25.7 Å². The smallest absolute Gasteiger partial charge is 0.302 e. The molecule has 0 aliphatic heterocycles. The molecule has 2 bridgehead atoms. The lowest BCUT2D eigenvalue weighted by molar-refractivity contribution is -0.217. The zero-order valence-corrected chi connectivity index (χ0v) is 16.7. The average Bonchev–Trinajstić information content (AvgIpc) is 2.71. The summed E-state index contributed by atoms with van der Waals surface area (Å²) in [7, 11) is 0. The van der Waals surface area contributed by atoms with Crippen molar-refractivity contribution in [3.63, 3.8) is 0 Å². The standard InChI is InChI=1S/C22H32O5/c1-13-18(25)21-9-6-16-19(3,12-23)7-5-8-20(16,4)17(21)15(27-14(2)24)10-22(13,26)11-21/h15-17,23,26H,1,5-12H2,2-4H3/t15-,16-,17+,19+,20-,21-,22+/m1/s1. The quantitative estimate of drug-likeness (QED) is 0.572. The molecule has 0 aromatic heterocycles. The molecule has 0 amide bonds. The van der Waals surface area contributed by atoms with Crippen molar-refractivity contribution in [3.05, 3.63) is 12.2 Å². The van der Waals surface area contributed by atoms with Crippen LogP contribution < -0.4 is 0 Å². The number of Topliss-reactive ketones (excluding diaryl/α,β-unsaturated/α-hetero) is 1. The largest absolute Gasteiger partial charge is 0.462 e. The van der Waals surface area contributed by atoms with Crippen LogP contribution in [0.5, 0.6) is 0 Å². The number of aliphatic hydroxyl groups excluding tert-OH is 1. The Kier molecular flexibility index (Phi) is 4.01. The minimum Gasteiger partial charge on any atom is -0.462 e. The second-order valence-corrected chi connectivity index (χ2v) is 10.3. The topological polar surface area (TPSA) is 83.8 Å². The van der Waals surface area contributed by atoms with Gasteiger partial charge in [-0.3, -0.25) is 9.59 Å². The number of hydrogen-bond acceptors (Lipinski definition) is 5. The van der Waals surface area contributed by atoms with E-state index in [0.29, 0.717) is 18.4 Å². The summed E-state index contributed by atoms with van der Waals surface area (Å²) in [6.07, 6.45) is 4.61. The van der Waals surface area contributed by atoms with Gasteiger partial charge in [-0.25, -0.2) is 0 Å². The number of aliphatic hydroxyl groups is 2. The van der Waals surface area contributed by atoms with Crippen LogP contribution in [0.15, 0.2) is 12.2 Å². The van der Waals surface area contributed by atoms with Gasteiger partial charge in [0.05, 0.1) is 5.60 Å². The van der Waals surface area contributed by atoms with Gasteiger partial charge < -0.3 is 14.9 Å². The minimum absolute atomic E-state index is 0.0272. The minimum atomic E-state index is -1.26. The van der Waals surface area contributed by atoms with Crippen molar-refractivity contribution in [2.45, 2.75) is 77.4 Å². The van der Waals surface area contributed by atoms with Crippen LogP contribution in [0.2, 0.25) is 0 Å². The molecule has 4 fully saturated rings. The van der Waals surface area contributed by atoms with Crippen LogP contribution in [0.1, 0.15) is 65.7 Å². The Morgan fingerprint density at radius 2 is 2.00 bits per heavy atom. The van der Waals surface area contributed by atoms with E-state index in [-0.39, 0.29) is 47.4 Å². The van der Waals surface area contributed by atoms with Crippen molar-refractivity contribution < 1.29 is 24.5 Å². The van der Waals surface area contributed by atoms with E-state index in [1.807, 2.05) is 0 Å². The first-order valence-electron chi connectivity index (χ1n) is 10.3. The molecule has 0 aromatic carbocycles. The molecule has 0 radical (unpaired) electrons. The Balaban J connectivity index is 1.86. The van der Waals surface area contributed by atoms with E-state index in [2.05, 4.69) is 20.4 Å². The highest BCUT2D eigenvalue weighted by Crippen LogP contribution is 2.72. The molecule has 5 heteroatoms. The maximum absolute atomic E-state index is 13.4. The van der Waals surface area contributed by atoms with Crippen LogP contribution in [0, 0.1) is 28.1 Å². The Morgan fingerprint density at radius 3 is 2.63 bits per heavy atom. The van der Waals surface area contributed by atoms with Crippen LogP contribution in [0.4, 0.5) is 0 Å². The first-order valence-corrected chi connectivity index (χ1v) is 10.3. The number of carbonyl (C=O) groups is 2. The van der Waals surface area contributed by atoms with E-state index in [9.17, 15) is 19.8 Å². The van der Waals surface area contributed by atoms with Gasteiger partial charge in [-0.2, -0.15) is 0 Å². The molecule has 4 saturated carbocycles. The highest BCUT2D eigenvalue weighted by molar-refractivity contribution is 6.05. The van der Waals surface area contributed by atoms with Crippen LogP contribution >= 0.6 is 0 Å². The molecule has 0 unspecified atom stereocenters. The molecule has 150 valence electrons. The summed E-state index contributed by atoms with van der Waals surface area (Å²) in [6.45, 7) is 9.85. The molecule has 0 aromatic rings. The molecule has 7 atom stereocenters. The van der Waals surface area contributed by atoms with E-state index in [1.54, 1.807) is 0 Å². The maximum atomic E-state index is 13.4. The van der Waals surface area contributed by atoms with Gasteiger partial charge in [-0.05, 0) is 48.9 Å². The molecule has 0 saturated heterocycles. The van der Waals surface area contributed by atoms with Crippen molar-refractivity contribution >= 4 is 11.8 Å². The predicted molar refractivity (Wildman–Crippen MR) is 99.7 cm³/mol. The number of hydrogen-bond donors (Lipinski definition) is 2. The summed E-state index contributed by atoms with van der Waals surface area (Å²) in [5.41, 5.74) is -2.04. The molecule has 2 N–H and O–H groups in total. The zero-order valence-electron chi connectivity index (χ0n) is 16.7. The summed E-state index contributed by atoms with van der Waals surface area (Å²) in [5, 5.41) is 21.3. The number of fused-ring (bicyclic) bond motifs is 3. The Morgan fingerprint density at radius 1 is 1.30 bits per heavy atom. The first-order chi connectivity index (χ1) is 12.5. The zero-order chi connectivity index (χ0) is 19.8. The van der Waals surface area contributed by atoms with E-state index in [4.69, 9.17) is 4.74 Å². The third-order valence-corrected chi connectivity index (χ3v) is 8.77. The fraction of sp³-hybridized carbons (Fsp3) is 0.818. The highest BCUT2D eigenvalue weighted by atomic mass is 16.5. The Labute approximate surface area is 161 Å². The first kappa shape index (κ1) is 19.1. The molecular weight excluding hydrogens is 344 g/mol. The third kappa shape index (κ3) is 2.30. The highest BCUT2D eigenvalue weighted by Gasteiger charge is 2.73. The summed E-state index contributed by atoms with van der Waals surface area (Å²) >= 11 is 0. The van der Waals surface area contributed by atoms with E-state index in [1.165, 1.54) is 6.92 Å². The van der Waals surface area contributed by atoms with Crippen LogP contribution in [-0.2, 0) is 14.3 Å². The van der Waals surface area contributed by atoms with Crippen LogP contribution in [0.25, 0.3) is 0 Å². The lowest BCUT2D eigenvalue weighted by Crippen LogP contribution is -2.64. The second-order valence-electron chi connectivity index (χ2n) is 10.3. The van der Waals surface area contributed by atoms with Crippen molar-refractivity contribution in [1.29, 1.82) is 0 Å². The Bertz CT molecular complexity index is 715. The van der Waals surface area contributed by atoms with Crippen molar-refractivity contribution in [2.24, 2.45) is 28.1 Å². The van der Waals surface area contributed by atoms with Gasteiger partial charge in [0.2, 0.25) is 0 Å². The lowest BCUT2D eigenvalue weighted by Gasteiger charge is -2.64. The lowest BCUT2D eigenvalue weighted by atomic mass is 9.40. The third-order valence-electron chi connectivity index (χ3n) is 8.77. The monoisotopic (exact) mass is 376 g/mol. The number of rotatable bonds is 2. The van der Waals surface area contributed by atoms with Gasteiger partial charge in [0, 0.05) is 36.9 Å². The van der Waals surface area contributed by atoms with Crippen molar-refractivity contribution in [1.82, 2.24) is 0 Å². The van der Waals surface area contributed by atoms with Gasteiger partial charge in [0.1, 0.15) is 6.10 Å². The normalized spacial score (nSPS) is 51.5. The molecule has 4 rings (SSSR count). The Hall–Kier alpha value is -1.20. The van der Waals surface area contributed by atoms with Crippen molar-refractivity contribution in [2.75, 3.05) is 6.61 Å².